The van der Waals surface area contributed by atoms with E-state index >= 15 is 0 Å². The average Bonchev–Trinajstić information content (AvgIpc) is 2.62. The van der Waals surface area contributed by atoms with Crippen LogP contribution in [0.4, 0.5) is 0 Å². The van der Waals surface area contributed by atoms with E-state index in [1.54, 1.807) is 7.11 Å². The molecule has 148 valence electrons. The number of hydrogen-bond acceptors (Lipinski definition) is 6. The van der Waals surface area contributed by atoms with Crippen molar-refractivity contribution in [3.63, 3.8) is 0 Å². The molecule has 9 heteroatoms. The summed E-state index contributed by atoms with van der Waals surface area (Å²) in [6.07, 6.45) is 1.64. The Morgan fingerprint density at radius 3 is 2.63 bits per heavy atom. The summed E-state index contributed by atoms with van der Waals surface area (Å²) in [5, 5.41) is 0. The molecule has 2 aromatic rings. The highest BCUT2D eigenvalue weighted by atomic mass is 32.2. The zero-order chi connectivity index (χ0) is 19.9. The number of methoxy groups -OCH3 is 1. The molecule has 2 rings (SSSR count). The number of nitrogens with one attached hydrogen (secondary N) is 1. The Kier molecular flexibility index (Phi) is 7.37. The molecule has 0 radical (unpaired) electrons. The molecule has 1 N–H and O–H groups in total. The summed E-state index contributed by atoms with van der Waals surface area (Å²) >= 11 is 0. The van der Waals surface area contributed by atoms with Gasteiger partial charge in [0, 0.05) is 18.9 Å². The van der Waals surface area contributed by atoms with Crippen molar-refractivity contribution in [2.45, 2.75) is 26.0 Å². The molecule has 1 atom stereocenters. The summed E-state index contributed by atoms with van der Waals surface area (Å²) in [7, 11) is -1.70. The number of H-pyrrole nitrogens is 1. The third-order valence-corrected chi connectivity index (χ3v) is 5.96. The summed E-state index contributed by atoms with van der Waals surface area (Å²) < 4.78 is 36.5. The van der Waals surface area contributed by atoms with Gasteiger partial charge in [-0.15, -0.1) is 0 Å². The van der Waals surface area contributed by atoms with Gasteiger partial charge in [0.05, 0.1) is 18.6 Å². The van der Waals surface area contributed by atoms with Crippen molar-refractivity contribution in [2.75, 3.05) is 25.2 Å². The molecule has 0 bridgehead atoms. The van der Waals surface area contributed by atoms with E-state index in [4.69, 9.17) is 9.47 Å². The number of hydrogen-bond donors (Lipinski definition) is 1. The number of aromatic amines is 1. The molecule has 1 aromatic carbocycles. The van der Waals surface area contributed by atoms with Gasteiger partial charge >= 0.3 is 5.69 Å². The van der Waals surface area contributed by atoms with Crippen molar-refractivity contribution < 1.29 is 17.9 Å². The number of ether oxygens (including phenoxy) is 2. The minimum absolute atomic E-state index is 0.00693. The van der Waals surface area contributed by atoms with Crippen LogP contribution in [-0.2, 0) is 21.3 Å². The molecule has 0 unspecified atom stereocenters. The first-order chi connectivity index (χ1) is 12.8. The largest absolute Gasteiger partial charge is 0.496 e. The van der Waals surface area contributed by atoms with E-state index in [1.807, 2.05) is 31.2 Å². The van der Waals surface area contributed by atoms with Gasteiger partial charge in [-0.1, -0.05) is 25.1 Å². The third-order valence-electron chi connectivity index (χ3n) is 4.05. The molecule has 0 fully saturated rings. The van der Waals surface area contributed by atoms with Crippen LogP contribution in [0.2, 0.25) is 0 Å². The summed E-state index contributed by atoms with van der Waals surface area (Å²) in [5.74, 6) is 0.501. The monoisotopic (exact) mass is 396 g/mol. The van der Waals surface area contributed by atoms with Gasteiger partial charge in [-0.2, -0.15) is 0 Å². The lowest BCUT2D eigenvalue weighted by atomic mass is 10.0. The molecule has 0 amide bonds. The fraction of sp³-hybridized carbons (Fsp3) is 0.444. The van der Waals surface area contributed by atoms with Crippen LogP contribution in [-0.4, -0.2) is 43.2 Å². The molecule has 0 aliphatic carbocycles. The molecular formula is C18H24N2O6S. The molecule has 0 aliphatic heterocycles. The van der Waals surface area contributed by atoms with Crippen molar-refractivity contribution in [1.29, 1.82) is 0 Å². The van der Waals surface area contributed by atoms with Gasteiger partial charge in [0.25, 0.3) is 5.56 Å². The van der Waals surface area contributed by atoms with Gasteiger partial charge in [0.15, 0.2) is 9.84 Å². The van der Waals surface area contributed by atoms with Crippen molar-refractivity contribution in [3.05, 3.63) is 62.9 Å². The van der Waals surface area contributed by atoms with Crippen molar-refractivity contribution >= 4 is 9.84 Å². The maximum Gasteiger partial charge on any atom is 0.330 e. The Morgan fingerprint density at radius 2 is 1.93 bits per heavy atom. The maximum absolute atomic E-state index is 12.3. The first-order valence-electron chi connectivity index (χ1n) is 8.53. The van der Waals surface area contributed by atoms with Crippen LogP contribution >= 0.6 is 0 Å². The highest BCUT2D eigenvalue weighted by Gasteiger charge is 2.19. The number of aromatic nitrogens is 2. The lowest BCUT2D eigenvalue weighted by molar-refractivity contribution is 0.0745. The van der Waals surface area contributed by atoms with E-state index in [1.165, 1.54) is 16.8 Å². The molecular weight excluding hydrogens is 372 g/mol. The average molecular weight is 396 g/mol. The molecule has 27 heavy (non-hydrogen) atoms. The van der Waals surface area contributed by atoms with Gasteiger partial charge in [-0.3, -0.25) is 14.3 Å². The lowest BCUT2D eigenvalue weighted by Gasteiger charge is -2.15. The van der Waals surface area contributed by atoms with Gasteiger partial charge in [0.1, 0.15) is 12.5 Å². The molecule has 8 nitrogen and oxygen atoms in total. The predicted molar refractivity (Wildman–Crippen MR) is 102 cm³/mol. The summed E-state index contributed by atoms with van der Waals surface area (Å²) in [4.78, 5) is 24.6. The fourth-order valence-electron chi connectivity index (χ4n) is 2.72. The number of nitrogens with zero attached hydrogens (tertiary/aromatic N) is 1. The van der Waals surface area contributed by atoms with Crippen LogP contribution in [0.1, 0.15) is 24.8 Å². The Labute approximate surface area is 157 Å². The SMILES string of the molecule is COc1ccccc1[C@@H](C)CS(=O)(=O)CCCOCn1ccc(=O)[nH]c1=O. The quantitative estimate of drug-likeness (QED) is 0.603. The lowest BCUT2D eigenvalue weighted by Crippen LogP contribution is -2.29. The van der Waals surface area contributed by atoms with E-state index in [0.717, 1.165) is 5.56 Å². The van der Waals surface area contributed by atoms with Gasteiger partial charge in [0.2, 0.25) is 0 Å². The van der Waals surface area contributed by atoms with Crippen LogP contribution < -0.4 is 16.0 Å². The fourth-order valence-corrected chi connectivity index (χ4v) is 4.38. The first kappa shape index (κ1) is 20.9. The van der Waals surface area contributed by atoms with Gasteiger partial charge < -0.3 is 9.47 Å². The molecule has 0 spiro atoms. The van der Waals surface area contributed by atoms with Gasteiger partial charge in [-0.25, -0.2) is 13.2 Å². The second kappa shape index (κ2) is 9.52. The molecule has 0 aliphatic rings. The number of benzene rings is 1. The Morgan fingerprint density at radius 1 is 1.19 bits per heavy atom. The zero-order valence-electron chi connectivity index (χ0n) is 15.4. The van der Waals surface area contributed by atoms with Gasteiger partial charge in [-0.05, 0) is 24.0 Å². The number of sulfone groups is 1. The highest BCUT2D eigenvalue weighted by molar-refractivity contribution is 7.91. The Bertz CT molecular complexity index is 964. The van der Waals surface area contributed by atoms with E-state index in [-0.39, 0.29) is 30.8 Å². The standard InChI is InChI=1S/C18H24N2O6S/c1-14(15-6-3-4-7-16(15)25-2)12-27(23,24)11-5-10-26-13-20-9-8-17(21)19-18(20)22/h3-4,6-9,14H,5,10-13H2,1-2H3,(H,19,21,22)/t14-/m0/s1. The third kappa shape index (κ3) is 6.37. The second-order valence-electron chi connectivity index (χ2n) is 6.23. The Balaban J connectivity index is 1.80. The molecule has 0 saturated heterocycles. The van der Waals surface area contributed by atoms with E-state index < -0.39 is 21.1 Å². The summed E-state index contributed by atoms with van der Waals surface area (Å²) in [5.41, 5.74) is -0.190. The van der Waals surface area contributed by atoms with E-state index in [9.17, 15) is 18.0 Å². The number of para-hydroxylation sites is 1. The molecule has 1 heterocycles. The van der Waals surface area contributed by atoms with Crippen LogP contribution in [0.5, 0.6) is 5.75 Å². The second-order valence-corrected chi connectivity index (χ2v) is 8.46. The Hall–Kier alpha value is -2.39. The van der Waals surface area contributed by atoms with Crippen LogP contribution in [0.25, 0.3) is 0 Å². The smallest absolute Gasteiger partial charge is 0.330 e. The van der Waals surface area contributed by atoms with Crippen molar-refractivity contribution in [2.24, 2.45) is 0 Å². The zero-order valence-corrected chi connectivity index (χ0v) is 16.2. The minimum atomic E-state index is -3.26. The summed E-state index contributed by atoms with van der Waals surface area (Å²) in [6.45, 7) is 2.00. The maximum atomic E-state index is 12.3. The van der Waals surface area contributed by atoms with E-state index in [2.05, 4.69) is 4.98 Å². The van der Waals surface area contributed by atoms with E-state index in [0.29, 0.717) is 12.2 Å². The minimum Gasteiger partial charge on any atom is -0.496 e. The first-order valence-corrected chi connectivity index (χ1v) is 10.4. The van der Waals surface area contributed by atoms with Crippen molar-refractivity contribution in [3.8, 4) is 5.75 Å². The molecule has 0 saturated carbocycles. The highest BCUT2D eigenvalue weighted by Crippen LogP contribution is 2.27. The van der Waals surface area contributed by atoms with Crippen LogP contribution in [0, 0.1) is 0 Å². The predicted octanol–water partition coefficient (Wildman–Crippen LogP) is 1.13. The summed E-state index contributed by atoms with van der Waals surface area (Å²) in [6, 6.07) is 8.59. The molecule has 1 aromatic heterocycles. The number of rotatable bonds is 10. The topological polar surface area (TPSA) is 107 Å². The van der Waals surface area contributed by atoms with Crippen LogP contribution in [0.15, 0.2) is 46.1 Å². The van der Waals surface area contributed by atoms with Crippen molar-refractivity contribution in [1.82, 2.24) is 9.55 Å². The van der Waals surface area contributed by atoms with Crippen LogP contribution in [0.3, 0.4) is 0 Å². The normalized spacial score (nSPS) is 12.7.